The van der Waals surface area contributed by atoms with Crippen molar-refractivity contribution in [3.05, 3.63) is 28.0 Å². The van der Waals surface area contributed by atoms with E-state index in [2.05, 4.69) is 20.9 Å². The molecule has 0 amide bonds. The van der Waals surface area contributed by atoms with Gasteiger partial charge in [0.2, 0.25) is 3.79 Å². The van der Waals surface area contributed by atoms with Crippen molar-refractivity contribution in [2.75, 3.05) is 0 Å². The molecule has 0 saturated heterocycles. The Bertz CT molecular complexity index is 375. The highest BCUT2D eigenvalue weighted by atomic mass is 79.9. The molecule has 0 atom stereocenters. The Morgan fingerprint density at radius 3 is 2.13 bits per heavy atom. The number of pyridine rings is 1. The molecule has 1 aromatic heterocycles. The SMILES string of the molecule is FC(F)(F)c1cnc(Br)c(C(Cl)(Cl)Cl)c1. The van der Waals surface area contributed by atoms with Crippen molar-refractivity contribution in [1.29, 1.82) is 0 Å². The predicted molar refractivity (Wildman–Crippen MR) is 56.2 cm³/mol. The van der Waals surface area contributed by atoms with E-state index in [-0.39, 0.29) is 10.2 Å². The molecule has 0 aliphatic heterocycles. The first-order valence-corrected chi connectivity index (χ1v) is 5.35. The highest BCUT2D eigenvalue weighted by Gasteiger charge is 2.35. The highest BCUT2D eigenvalue weighted by molar-refractivity contribution is 9.10. The van der Waals surface area contributed by atoms with Crippen LogP contribution in [0.1, 0.15) is 11.1 Å². The van der Waals surface area contributed by atoms with Crippen molar-refractivity contribution < 1.29 is 13.2 Å². The quantitative estimate of drug-likeness (QED) is 0.492. The average molecular weight is 343 g/mol. The third kappa shape index (κ3) is 3.37. The van der Waals surface area contributed by atoms with Gasteiger partial charge in [0.1, 0.15) is 4.60 Å². The summed E-state index contributed by atoms with van der Waals surface area (Å²) in [7, 11) is 0. The van der Waals surface area contributed by atoms with Gasteiger partial charge < -0.3 is 0 Å². The lowest BCUT2D eigenvalue weighted by molar-refractivity contribution is -0.137. The van der Waals surface area contributed by atoms with Crippen molar-refractivity contribution >= 4 is 50.7 Å². The van der Waals surface area contributed by atoms with E-state index >= 15 is 0 Å². The maximum absolute atomic E-state index is 12.3. The van der Waals surface area contributed by atoms with Gasteiger partial charge >= 0.3 is 6.18 Å². The van der Waals surface area contributed by atoms with Gasteiger partial charge in [-0.15, -0.1) is 0 Å². The standard InChI is InChI=1S/C7H2BrCl3F3N/c8-5-4(6(9,10)11)1-3(2-15-5)7(12,13)14/h1-2H. The molecule has 8 heteroatoms. The van der Waals surface area contributed by atoms with E-state index < -0.39 is 15.5 Å². The van der Waals surface area contributed by atoms with E-state index in [4.69, 9.17) is 34.8 Å². The van der Waals surface area contributed by atoms with Crippen LogP contribution in [0.5, 0.6) is 0 Å². The van der Waals surface area contributed by atoms with Crippen LogP contribution < -0.4 is 0 Å². The highest BCUT2D eigenvalue weighted by Crippen LogP contribution is 2.43. The molecule has 0 radical (unpaired) electrons. The minimum atomic E-state index is -4.52. The normalized spacial score (nSPS) is 13.0. The number of alkyl halides is 6. The Morgan fingerprint density at radius 1 is 1.20 bits per heavy atom. The summed E-state index contributed by atoms with van der Waals surface area (Å²) in [4.78, 5) is 3.46. The van der Waals surface area contributed by atoms with Gasteiger partial charge in [-0.05, 0) is 22.0 Å². The summed E-state index contributed by atoms with van der Waals surface area (Å²) in [5.74, 6) is 0. The Hall–Kier alpha value is 0.290. The summed E-state index contributed by atoms with van der Waals surface area (Å²) in [5.41, 5.74) is -1.12. The number of aromatic nitrogens is 1. The number of halogens is 7. The molecule has 84 valence electrons. The smallest absolute Gasteiger partial charge is 0.248 e. The third-order valence-corrected chi connectivity index (χ3v) is 2.71. The van der Waals surface area contributed by atoms with Gasteiger partial charge in [-0.1, -0.05) is 34.8 Å². The fraction of sp³-hybridized carbons (Fsp3) is 0.286. The van der Waals surface area contributed by atoms with Gasteiger partial charge in [-0.25, -0.2) is 4.98 Å². The van der Waals surface area contributed by atoms with Crippen LogP contribution in [0.25, 0.3) is 0 Å². The first-order valence-electron chi connectivity index (χ1n) is 3.42. The Balaban J connectivity index is 3.30. The van der Waals surface area contributed by atoms with Crippen molar-refractivity contribution in [2.45, 2.75) is 9.97 Å². The first kappa shape index (κ1) is 13.4. The molecule has 0 bridgehead atoms. The molecule has 0 unspecified atom stereocenters. The van der Waals surface area contributed by atoms with Crippen LogP contribution >= 0.6 is 50.7 Å². The Morgan fingerprint density at radius 2 is 1.73 bits per heavy atom. The molecule has 1 rings (SSSR count). The van der Waals surface area contributed by atoms with Crippen molar-refractivity contribution in [3.63, 3.8) is 0 Å². The summed E-state index contributed by atoms with van der Waals surface area (Å²) < 4.78 is 35.0. The maximum atomic E-state index is 12.3. The van der Waals surface area contributed by atoms with Crippen LogP contribution in [-0.2, 0) is 9.97 Å². The van der Waals surface area contributed by atoms with Crippen LogP contribution in [0.15, 0.2) is 16.9 Å². The van der Waals surface area contributed by atoms with Crippen molar-refractivity contribution in [3.8, 4) is 0 Å². The van der Waals surface area contributed by atoms with Gasteiger partial charge in [0.25, 0.3) is 0 Å². The molecule has 15 heavy (non-hydrogen) atoms. The molecule has 1 aromatic rings. The molecular formula is C7H2BrCl3F3N. The monoisotopic (exact) mass is 341 g/mol. The zero-order valence-corrected chi connectivity index (χ0v) is 10.6. The summed E-state index contributed by atoms with van der Waals surface area (Å²) >= 11 is 19.3. The van der Waals surface area contributed by atoms with Crippen LogP contribution in [0, 0.1) is 0 Å². The van der Waals surface area contributed by atoms with E-state index in [1.165, 1.54) is 0 Å². The van der Waals surface area contributed by atoms with E-state index in [1.54, 1.807) is 0 Å². The zero-order valence-electron chi connectivity index (χ0n) is 6.75. The largest absolute Gasteiger partial charge is 0.417 e. The molecule has 1 nitrogen and oxygen atoms in total. The zero-order chi connectivity index (χ0) is 11.9. The fourth-order valence-electron chi connectivity index (χ4n) is 0.802. The Kier molecular flexibility index (Phi) is 3.81. The van der Waals surface area contributed by atoms with E-state index in [9.17, 15) is 13.2 Å². The van der Waals surface area contributed by atoms with Crippen molar-refractivity contribution in [1.82, 2.24) is 4.98 Å². The molecule has 0 aliphatic carbocycles. The summed E-state index contributed by atoms with van der Waals surface area (Å²) in [6, 6.07) is 0.740. The van der Waals surface area contributed by atoms with Gasteiger partial charge in [-0.3, -0.25) is 0 Å². The number of hydrogen-bond donors (Lipinski definition) is 0. The second-order valence-corrected chi connectivity index (χ2v) is 5.59. The van der Waals surface area contributed by atoms with E-state index in [1.807, 2.05) is 0 Å². The van der Waals surface area contributed by atoms with Crippen molar-refractivity contribution in [2.24, 2.45) is 0 Å². The van der Waals surface area contributed by atoms with E-state index in [0.717, 1.165) is 6.07 Å². The van der Waals surface area contributed by atoms with Crippen LogP contribution in [0.3, 0.4) is 0 Å². The van der Waals surface area contributed by atoms with Gasteiger partial charge in [0.05, 0.1) is 5.56 Å². The van der Waals surface area contributed by atoms with Gasteiger partial charge in [-0.2, -0.15) is 13.2 Å². The summed E-state index contributed by atoms with van der Waals surface area (Å²) in [6.45, 7) is 0. The number of nitrogens with zero attached hydrogens (tertiary/aromatic N) is 1. The van der Waals surface area contributed by atoms with Crippen LogP contribution in [-0.4, -0.2) is 4.98 Å². The Labute approximate surface area is 107 Å². The lowest BCUT2D eigenvalue weighted by Crippen LogP contribution is -2.10. The van der Waals surface area contributed by atoms with E-state index in [0.29, 0.717) is 6.20 Å². The van der Waals surface area contributed by atoms with Gasteiger partial charge in [0, 0.05) is 11.8 Å². The molecule has 0 N–H and O–H groups in total. The molecule has 1 heterocycles. The molecule has 0 spiro atoms. The second-order valence-electron chi connectivity index (χ2n) is 2.56. The lowest BCUT2D eigenvalue weighted by atomic mass is 10.2. The number of rotatable bonds is 0. The van der Waals surface area contributed by atoms with Crippen LogP contribution in [0.2, 0.25) is 0 Å². The first-order chi connectivity index (χ1) is 6.62. The topological polar surface area (TPSA) is 12.9 Å². The molecular weight excluding hydrogens is 341 g/mol. The average Bonchev–Trinajstić information content (AvgIpc) is 2.00. The van der Waals surface area contributed by atoms with Gasteiger partial charge in [0.15, 0.2) is 0 Å². The maximum Gasteiger partial charge on any atom is 0.417 e. The minimum Gasteiger partial charge on any atom is -0.248 e. The second kappa shape index (κ2) is 4.28. The van der Waals surface area contributed by atoms with Crippen LogP contribution in [0.4, 0.5) is 13.2 Å². The predicted octanol–water partition coefficient (Wildman–Crippen LogP) is 4.69. The number of hydrogen-bond acceptors (Lipinski definition) is 1. The minimum absolute atomic E-state index is 0.0653. The molecule has 0 aromatic carbocycles. The molecule has 0 fully saturated rings. The summed E-state index contributed by atoms with van der Waals surface area (Å²) in [5, 5.41) is 0. The lowest BCUT2D eigenvalue weighted by Gasteiger charge is -2.15. The third-order valence-electron chi connectivity index (χ3n) is 1.47. The summed E-state index contributed by atoms with van der Waals surface area (Å²) in [6.07, 6.45) is -3.86. The molecule has 0 saturated carbocycles. The molecule has 0 aliphatic rings. The fourth-order valence-corrected chi connectivity index (χ4v) is 2.09.